The van der Waals surface area contributed by atoms with Crippen molar-refractivity contribution in [2.45, 2.75) is 56.8 Å². The summed E-state index contributed by atoms with van der Waals surface area (Å²) in [6, 6.07) is 5.18. The van der Waals surface area contributed by atoms with Crippen molar-refractivity contribution >= 4 is 29.0 Å². The molecule has 0 unspecified atom stereocenters. The molecule has 1 aliphatic heterocycles. The van der Waals surface area contributed by atoms with Crippen LogP contribution >= 0.6 is 11.6 Å². The molecular weight excluding hydrogens is 430 g/mol. The first-order valence-electron chi connectivity index (χ1n) is 10.9. The molecule has 4 rings (SSSR count). The van der Waals surface area contributed by atoms with Crippen molar-refractivity contribution in [2.24, 2.45) is 0 Å². The lowest BCUT2D eigenvalue weighted by atomic mass is 9.93. The molecule has 168 valence electrons. The Kier molecular flexibility index (Phi) is 7.08. The second-order valence-corrected chi connectivity index (χ2v) is 8.68. The minimum Gasteiger partial charge on any atom is -0.490 e. The van der Waals surface area contributed by atoms with E-state index < -0.39 is 0 Å². The highest BCUT2D eigenvalue weighted by molar-refractivity contribution is 6.33. The maximum Gasteiger partial charge on any atom is 0.271 e. The first-order chi connectivity index (χ1) is 15.5. The lowest BCUT2D eigenvalue weighted by Gasteiger charge is -2.30. The molecule has 1 aliphatic carbocycles. The minimum atomic E-state index is -0.243. The number of piperidine rings is 1. The van der Waals surface area contributed by atoms with Gasteiger partial charge in [-0.25, -0.2) is 14.8 Å². The number of anilines is 1. The highest BCUT2D eigenvalue weighted by Gasteiger charge is 2.25. The zero-order valence-electron chi connectivity index (χ0n) is 17.7. The van der Waals surface area contributed by atoms with E-state index in [0.717, 1.165) is 57.4 Å². The van der Waals surface area contributed by atoms with Gasteiger partial charge < -0.3 is 20.1 Å². The number of aliphatic hydroxyl groups excluding tert-OH is 1. The summed E-state index contributed by atoms with van der Waals surface area (Å²) in [5, 5.41) is 13.1. The maximum atomic E-state index is 12.6. The van der Waals surface area contributed by atoms with Crippen molar-refractivity contribution < 1.29 is 14.6 Å². The van der Waals surface area contributed by atoms with Crippen molar-refractivity contribution in [1.82, 2.24) is 15.3 Å². The second-order valence-electron chi connectivity index (χ2n) is 8.27. The van der Waals surface area contributed by atoms with Crippen molar-refractivity contribution in [3.8, 4) is 5.75 Å². The van der Waals surface area contributed by atoms with Crippen molar-refractivity contribution in [1.29, 1.82) is 0 Å². The lowest BCUT2D eigenvalue weighted by molar-refractivity contribution is 0.0888. The number of ether oxygens (including phenoxy) is 1. The van der Waals surface area contributed by atoms with Crippen LogP contribution < -0.4 is 15.0 Å². The van der Waals surface area contributed by atoms with Gasteiger partial charge in [-0.15, -0.1) is 0 Å². The maximum absolute atomic E-state index is 12.6. The third-order valence-corrected chi connectivity index (χ3v) is 6.31. The molecule has 0 spiro atoms. The molecule has 2 N–H and O–H groups in total. The monoisotopic (exact) mass is 455 g/mol. The molecule has 2 heterocycles. The molecule has 8 nitrogen and oxygen atoms in total. The summed E-state index contributed by atoms with van der Waals surface area (Å²) < 4.78 is 6.01. The van der Waals surface area contributed by atoms with E-state index in [2.05, 4.69) is 25.0 Å². The molecule has 2 fully saturated rings. The summed E-state index contributed by atoms with van der Waals surface area (Å²) in [5.74, 6) is 1.17. The van der Waals surface area contributed by atoms with Crippen molar-refractivity contribution in [3.63, 3.8) is 0 Å². The molecule has 1 aromatic carbocycles. The third kappa shape index (κ3) is 5.47. The van der Waals surface area contributed by atoms with Gasteiger partial charge >= 0.3 is 0 Å². The molecule has 0 radical (unpaired) electrons. The smallest absolute Gasteiger partial charge is 0.271 e. The first kappa shape index (κ1) is 22.3. The number of halogens is 1. The Morgan fingerprint density at radius 2 is 1.91 bits per heavy atom. The molecule has 9 heteroatoms. The van der Waals surface area contributed by atoms with E-state index in [9.17, 15) is 9.90 Å². The summed E-state index contributed by atoms with van der Waals surface area (Å²) >= 11 is 6.08. The Bertz CT molecular complexity index is 978. The first-order valence-corrected chi connectivity index (χ1v) is 11.3. The summed E-state index contributed by atoms with van der Waals surface area (Å²) in [6.07, 6.45) is 7.65. The molecule has 32 heavy (non-hydrogen) atoms. The number of nitrogens with one attached hydrogen (secondary N) is 1. The Morgan fingerprint density at radius 1 is 1.16 bits per heavy atom. The number of carbonyl (C=O) groups is 1. The fraction of sp³-hybridized carbons (Fsp3) is 0.478. The molecule has 0 atom stereocenters. The predicted octanol–water partition coefficient (Wildman–Crippen LogP) is 3.76. The van der Waals surface area contributed by atoms with E-state index in [1.165, 1.54) is 6.20 Å². The highest BCUT2D eigenvalue weighted by atomic mass is 35.5. The number of hydrogen-bond donors (Lipinski definition) is 2. The molecule has 1 saturated carbocycles. The number of nitrogens with zero attached hydrogens (tertiary/aromatic N) is 4. The fourth-order valence-corrected chi connectivity index (χ4v) is 4.34. The van der Waals surface area contributed by atoms with Gasteiger partial charge in [0, 0.05) is 19.1 Å². The third-order valence-electron chi connectivity index (χ3n) is 6.01. The van der Waals surface area contributed by atoms with Crippen molar-refractivity contribution in [2.75, 3.05) is 18.0 Å². The van der Waals surface area contributed by atoms with Crippen LogP contribution in [0.5, 0.6) is 5.75 Å². The lowest BCUT2D eigenvalue weighted by Crippen LogP contribution is -2.40. The zero-order chi connectivity index (χ0) is 22.5. The van der Waals surface area contributed by atoms with Crippen LogP contribution in [0.25, 0.3) is 4.85 Å². The number of carbonyl (C=O) groups excluding carboxylic acids is 1. The van der Waals surface area contributed by atoms with E-state index in [1.807, 2.05) is 0 Å². The van der Waals surface area contributed by atoms with Gasteiger partial charge in [-0.3, -0.25) is 4.79 Å². The van der Waals surface area contributed by atoms with Crippen LogP contribution in [0.2, 0.25) is 5.02 Å². The summed E-state index contributed by atoms with van der Waals surface area (Å²) in [4.78, 5) is 26.7. The van der Waals surface area contributed by atoms with Gasteiger partial charge in [0.1, 0.15) is 17.3 Å². The Labute approximate surface area is 192 Å². The Hall–Kier alpha value is -2.89. The van der Waals surface area contributed by atoms with Gasteiger partial charge in [-0.1, -0.05) is 17.7 Å². The van der Waals surface area contributed by atoms with Gasteiger partial charge in [0.25, 0.3) is 5.91 Å². The second kappa shape index (κ2) is 10.2. The van der Waals surface area contributed by atoms with Crippen LogP contribution in [0, 0.1) is 6.57 Å². The zero-order valence-corrected chi connectivity index (χ0v) is 18.5. The van der Waals surface area contributed by atoms with Gasteiger partial charge in [-0.2, -0.15) is 0 Å². The largest absolute Gasteiger partial charge is 0.490 e. The normalized spacial score (nSPS) is 21.6. The van der Waals surface area contributed by atoms with E-state index in [4.69, 9.17) is 22.9 Å². The number of aromatic nitrogens is 2. The van der Waals surface area contributed by atoms with Gasteiger partial charge in [-0.05, 0) is 50.7 Å². The van der Waals surface area contributed by atoms with Crippen molar-refractivity contribution in [3.05, 3.63) is 52.7 Å². The Morgan fingerprint density at radius 3 is 2.53 bits per heavy atom. The van der Waals surface area contributed by atoms with Gasteiger partial charge in [0.15, 0.2) is 0 Å². The predicted molar refractivity (Wildman–Crippen MR) is 121 cm³/mol. The topological polar surface area (TPSA) is 91.9 Å². The van der Waals surface area contributed by atoms with E-state index >= 15 is 0 Å². The Balaban J connectivity index is 1.24. The molecule has 1 aromatic heterocycles. The minimum absolute atomic E-state index is 0.0557. The van der Waals surface area contributed by atoms with Crippen LogP contribution in [0.1, 0.15) is 49.0 Å². The highest BCUT2D eigenvalue weighted by Crippen LogP contribution is 2.31. The summed E-state index contributed by atoms with van der Waals surface area (Å²) in [5.41, 5.74) is 0.718. The van der Waals surface area contributed by atoms with Gasteiger partial charge in [0.05, 0.1) is 36.2 Å². The number of aliphatic hydroxyl groups is 1. The molecule has 0 bridgehead atoms. The van der Waals surface area contributed by atoms with E-state index in [-0.39, 0.29) is 24.2 Å². The molecule has 2 aromatic rings. The number of rotatable bonds is 5. The average molecular weight is 456 g/mol. The number of amides is 1. The number of hydrogen-bond acceptors (Lipinski definition) is 6. The molecule has 1 saturated heterocycles. The molecule has 1 amide bonds. The molecule has 2 aliphatic rings. The summed E-state index contributed by atoms with van der Waals surface area (Å²) in [6.45, 7) is 8.54. The van der Waals surface area contributed by atoms with Crippen LogP contribution in [0.3, 0.4) is 0 Å². The quantitative estimate of drug-likeness (QED) is 0.667. The van der Waals surface area contributed by atoms with Crippen LogP contribution in [0.15, 0.2) is 30.6 Å². The standard InChI is InChI=1S/C23H26ClN5O3/c1-25-20-7-6-18(12-19(20)24)32-17-4-2-15(3-5-17)28-23(31)21-13-27-22(14-26-21)29-10-8-16(30)9-11-29/h6-7,12-17,30H,2-5,8-11H2,(H,28,31). The number of benzene rings is 1. The SMILES string of the molecule is [C-]#[N+]c1ccc(OC2CCC(NC(=O)c3cnc(N4CCC(O)CC4)cn3)CC2)cc1Cl. The van der Waals surface area contributed by atoms with Crippen LogP contribution in [-0.4, -0.2) is 52.3 Å². The average Bonchev–Trinajstić information content (AvgIpc) is 2.81. The van der Waals surface area contributed by atoms with Gasteiger partial charge in [0.2, 0.25) is 5.69 Å². The van der Waals surface area contributed by atoms with E-state index in [0.29, 0.717) is 22.2 Å². The summed E-state index contributed by atoms with van der Waals surface area (Å²) in [7, 11) is 0. The fourth-order valence-electron chi connectivity index (χ4n) is 4.13. The van der Waals surface area contributed by atoms with E-state index in [1.54, 1.807) is 24.4 Å². The van der Waals surface area contributed by atoms with Crippen LogP contribution in [-0.2, 0) is 0 Å². The van der Waals surface area contributed by atoms with Crippen LogP contribution in [0.4, 0.5) is 11.5 Å². The molecular formula is C23H26ClN5O3.